The maximum atomic E-state index is 12.2. The molecule has 7 aliphatic rings. The van der Waals surface area contributed by atoms with Gasteiger partial charge in [-0.2, -0.15) is 0 Å². The molecule has 7 aliphatic heterocycles. The number of aliphatic hydroxyl groups excluding tert-OH is 20. The first-order chi connectivity index (χ1) is 33.2. The van der Waals surface area contributed by atoms with Gasteiger partial charge in [0.05, 0.1) is 39.6 Å². The Balaban J connectivity index is 1.20. The first-order valence-corrected chi connectivity index (χ1v) is 22.3. The molecule has 0 amide bonds. The van der Waals surface area contributed by atoms with Crippen LogP contribution in [-0.4, -0.2) is 340 Å². The molecule has 70 heavy (non-hydrogen) atoms. The van der Waals surface area contributed by atoms with Crippen molar-refractivity contribution < 1.29 is 158 Å². The molecular formula is C38H66O32+2. The molecule has 0 aromatic carbocycles. The van der Waals surface area contributed by atoms with Gasteiger partial charge in [-0.05, 0) is 0 Å². The van der Waals surface area contributed by atoms with Crippen LogP contribution in [-0.2, 0) is 56.1 Å². The standard InChI is InChI=1S/C38H66O32/c39-1-9-15(45)17(47)23(53)35(61-9)65-29-13(5-43)63-37(67-27-11(3-41)59-33(57)21(51)19(27)49)31(25(29)55)69-7-70(8-69)32-26(56)30(66-36-24(54)18(48)16(46)10(2-40)62-36)14(6-44)64-38(32)68-28-12(4-42)60-34(58)22(52)20(28)50/h9-58H,1-8H2/q+2/t9-,10-,11-,12-,13-,14-,15+,16+,17+,18+,19-,20-,21-,22-,23-,24-,25+,26+,27-,28-,29+,30+,31-,32-,33-,34-,35-,36-,37+,38+/m1/s1. The van der Waals surface area contributed by atoms with E-state index < -0.39 is 237 Å². The van der Waals surface area contributed by atoms with Gasteiger partial charge in [-0.3, -0.25) is 8.73 Å². The van der Waals surface area contributed by atoms with Crippen molar-refractivity contribution in [3.8, 4) is 0 Å². The molecule has 20 N–H and O–H groups in total. The first kappa shape index (κ1) is 56.4. The molecular weight excluding hydrogens is 968 g/mol. The molecule has 0 aliphatic carbocycles. The Labute approximate surface area is 395 Å². The lowest BCUT2D eigenvalue weighted by molar-refractivity contribution is -0.576. The van der Waals surface area contributed by atoms with E-state index in [1.165, 1.54) is 0 Å². The van der Waals surface area contributed by atoms with Crippen LogP contribution in [0.3, 0.4) is 0 Å². The summed E-state index contributed by atoms with van der Waals surface area (Å²) in [6.45, 7) is -6.82. The Morgan fingerprint density at radius 3 is 0.871 bits per heavy atom. The fourth-order valence-corrected chi connectivity index (χ4v) is 9.47. The highest BCUT2D eigenvalue weighted by Gasteiger charge is 2.66. The lowest BCUT2D eigenvalue weighted by atomic mass is 9.95. The molecule has 0 spiro atoms. The molecule has 0 unspecified atom stereocenters. The Hall–Kier alpha value is -1.28. The van der Waals surface area contributed by atoms with Crippen LogP contribution in [0.5, 0.6) is 0 Å². The maximum Gasteiger partial charge on any atom is 0.363 e. The van der Waals surface area contributed by atoms with E-state index in [4.69, 9.17) is 47.4 Å². The maximum absolute atomic E-state index is 12.2. The topological polar surface area (TPSA) is 502 Å². The second-order valence-corrected chi connectivity index (χ2v) is 17.9. The predicted octanol–water partition coefficient (Wildman–Crippen LogP) is -14.1. The zero-order valence-corrected chi connectivity index (χ0v) is 36.8. The van der Waals surface area contributed by atoms with Crippen molar-refractivity contribution in [2.24, 2.45) is 0 Å². The molecule has 0 radical (unpaired) electrons. The third-order valence-electron chi connectivity index (χ3n) is 13.5. The minimum atomic E-state index is -2.03. The van der Waals surface area contributed by atoms with Gasteiger partial charge >= 0.3 is 13.6 Å². The van der Waals surface area contributed by atoms with Crippen molar-refractivity contribution in [3.63, 3.8) is 0 Å². The lowest BCUT2D eigenvalue weighted by Gasteiger charge is -2.53. The minimum Gasteiger partial charge on any atom is -0.394 e. The van der Waals surface area contributed by atoms with Crippen molar-refractivity contribution in [2.75, 3.05) is 53.2 Å². The zero-order valence-electron chi connectivity index (χ0n) is 36.8. The van der Waals surface area contributed by atoms with E-state index in [9.17, 15) is 102 Å². The van der Waals surface area contributed by atoms with Crippen LogP contribution in [0.2, 0.25) is 0 Å². The Kier molecular flexibility index (Phi) is 19.1. The monoisotopic (exact) mass is 1030 g/mol. The van der Waals surface area contributed by atoms with Crippen LogP contribution >= 0.6 is 0 Å². The molecule has 0 aromatic heterocycles. The van der Waals surface area contributed by atoms with Gasteiger partial charge in [0.25, 0.3) is 0 Å². The van der Waals surface area contributed by atoms with Crippen LogP contribution in [0.1, 0.15) is 0 Å². The second-order valence-electron chi connectivity index (χ2n) is 17.9. The van der Waals surface area contributed by atoms with Crippen molar-refractivity contribution in [1.29, 1.82) is 0 Å². The van der Waals surface area contributed by atoms with Crippen molar-refractivity contribution in [3.05, 3.63) is 0 Å². The molecule has 30 atom stereocenters. The average molecular weight is 1030 g/mol. The number of hydrogen-bond donors (Lipinski definition) is 20. The van der Waals surface area contributed by atoms with E-state index in [1.807, 2.05) is 0 Å². The van der Waals surface area contributed by atoms with Gasteiger partial charge in [0.1, 0.15) is 122 Å². The molecule has 0 saturated carbocycles. The van der Waals surface area contributed by atoms with Gasteiger partial charge < -0.3 is 149 Å². The number of rotatable bonds is 16. The number of ether oxygens (including phenoxy) is 10. The van der Waals surface area contributed by atoms with E-state index >= 15 is 0 Å². The van der Waals surface area contributed by atoms with Crippen LogP contribution in [0.25, 0.3) is 0 Å². The molecule has 0 bridgehead atoms. The molecule has 7 rings (SSSR count). The van der Waals surface area contributed by atoms with Crippen LogP contribution < -0.4 is 0 Å². The smallest absolute Gasteiger partial charge is 0.363 e. The Morgan fingerprint density at radius 1 is 0.286 bits per heavy atom. The highest BCUT2D eigenvalue weighted by Crippen LogP contribution is 2.43. The molecule has 7 heterocycles. The van der Waals surface area contributed by atoms with E-state index in [-0.39, 0.29) is 0 Å². The summed E-state index contributed by atoms with van der Waals surface area (Å²) in [4.78, 5) is 0. The van der Waals surface area contributed by atoms with Crippen LogP contribution in [0, 0.1) is 0 Å². The molecule has 32 nitrogen and oxygen atoms in total. The van der Waals surface area contributed by atoms with Crippen LogP contribution in [0.15, 0.2) is 0 Å². The van der Waals surface area contributed by atoms with Gasteiger partial charge in [0.2, 0.25) is 24.8 Å². The quantitative estimate of drug-likeness (QED) is 0.0638. The van der Waals surface area contributed by atoms with Crippen molar-refractivity contribution in [2.45, 2.75) is 184 Å². The van der Waals surface area contributed by atoms with Gasteiger partial charge in [0, 0.05) is 0 Å². The SMILES string of the molecule is OC[C@H]1O[C@H](O[C@@H]2[C@H](O)[C@@H]([O+]3C[O+]([C@H]4[C@H](O[C@H]5[C@H](O)[C@@H](O)[C@H](O)O[C@@H]5CO)O[C@H](CO)[C@H](O[C@H]5O[C@H](CO)[C@H](O)[C@H](O)[C@H]5O)[C@@H]4O)C3)[C@H](O[C@H]3[C@H](O)[C@@H](O)[C@H](O)O[C@@H]3CO)O[C@@H]2CO)[C@H](O)[C@@H](O)[C@H]1O. The van der Waals surface area contributed by atoms with E-state index in [1.54, 1.807) is 0 Å². The summed E-state index contributed by atoms with van der Waals surface area (Å²) < 4.78 is 62.1. The summed E-state index contributed by atoms with van der Waals surface area (Å²) >= 11 is 0. The zero-order chi connectivity index (χ0) is 51.2. The fraction of sp³-hybridized carbons (Fsp3) is 1.00. The molecule has 408 valence electrons. The molecule has 7 saturated heterocycles. The summed E-state index contributed by atoms with van der Waals surface area (Å²) in [5.74, 6) is 0. The highest BCUT2D eigenvalue weighted by molar-refractivity contribution is 5.01. The number of hydrogen-bond acceptors (Lipinski definition) is 30. The Bertz CT molecular complexity index is 1500. The highest BCUT2D eigenvalue weighted by atomic mass is 17.0. The van der Waals surface area contributed by atoms with E-state index in [0.717, 1.165) is 0 Å². The lowest BCUT2D eigenvalue weighted by Crippen LogP contribution is -2.73. The summed E-state index contributed by atoms with van der Waals surface area (Å²) in [6.07, 6.45) is -55.2. The van der Waals surface area contributed by atoms with Gasteiger partial charge in [-0.1, -0.05) is 0 Å². The Morgan fingerprint density at radius 2 is 0.557 bits per heavy atom. The minimum absolute atomic E-state index is 0.619. The van der Waals surface area contributed by atoms with Gasteiger partial charge in [0.15, 0.2) is 37.4 Å². The first-order valence-electron chi connectivity index (χ1n) is 22.3. The summed E-state index contributed by atoms with van der Waals surface area (Å²) in [5, 5.41) is 212. The van der Waals surface area contributed by atoms with Crippen molar-refractivity contribution >= 4 is 0 Å². The molecule has 0 aromatic rings. The second kappa shape index (κ2) is 23.7. The number of aliphatic hydroxyl groups is 20. The predicted molar refractivity (Wildman–Crippen MR) is 210 cm³/mol. The third-order valence-corrected chi connectivity index (χ3v) is 13.5. The van der Waals surface area contributed by atoms with Gasteiger partial charge in [-0.25, -0.2) is 0 Å². The summed E-state index contributed by atoms with van der Waals surface area (Å²) in [7, 11) is 0. The van der Waals surface area contributed by atoms with Gasteiger partial charge in [-0.15, -0.1) is 0 Å². The van der Waals surface area contributed by atoms with Crippen LogP contribution in [0.4, 0.5) is 0 Å². The average Bonchev–Trinajstić information content (AvgIpc) is 3.33. The summed E-state index contributed by atoms with van der Waals surface area (Å²) in [5.41, 5.74) is 0. The molecule has 32 heteroatoms. The van der Waals surface area contributed by atoms with Crippen molar-refractivity contribution in [1.82, 2.24) is 0 Å². The fourth-order valence-electron chi connectivity index (χ4n) is 9.47. The third kappa shape index (κ3) is 10.9. The largest absolute Gasteiger partial charge is 0.394 e. The van der Waals surface area contributed by atoms with E-state index in [0.29, 0.717) is 0 Å². The normalized spacial score (nSPS) is 53.1. The summed E-state index contributed by atoms with van der Waals surface area (Å²) in [6, 6.07) is 0. The van der Waals surface area contributed by atoms with E-state index in [2.05, 4.69) is 8.73 Å². The molecule has 7 fully saturated rings.